The van der Waals surface area contributed by atoms with Crippen LogP contribution in [0, 0.1) is 6.92 Å². The molecular weight excluding hydrogens is 456 g/mol. The molecule has 4 heterocycles. The summed E-state index contributed by atoms with van der Waals surface area (Å²) in [6.07, 6.45) is 1.81. The van der Waals surface area contributed by atoms with E-state index in [1.165, 1.54) is 0 Å². The second-order valence-corrected chi connectivity index (χ2v) is 8.99. The Hall–Kier alpha value is -3.20. The number of pyridine rings is 1. The Bertz CT molecular complexity index is 1280. The first-order valence-corrected chi connectivity index (χ1v) is 11.7. The van der Waals surface area contributed by atoms with Crippen LogP contribution in [0.4, 0.5) is 0 Å². The van der Waals surface area contributed by atoms with Crippen molar-refractivity contribution in [3.05, 3.63) is 76.2 Å². The van der Waals surface area contributed by atoms with Gasteiger partial charge < -0.3 is 14.7 Å². The number of ether oxygens (including phenoxy) is 1. The van der Waals surface area contributed by atoms with Gasteiger partial charge in [-0.1, -0.05) is 29.8 Å². The highest BCUT2D eigenvalue weighted by molar-refractivity contribution is 6.46. The van der Waals surface area contributed by atoms with Crippen LogP contribution in [-0.4, -0.2) is 71.0 Å². The van der Waals surface area contributed by atoms with Gasteiger partial charge in [0.2, 0.25) is 5.69 Å². The van der Waals surface area contributed by atoms with Crippen LogP contribution in [0.3, 0.4) is 0 Å². The van der Waals surface area contributed by atoms with E-state index < -0.39 is 17.7 Å². The van der Waals surface area contributed by atoms with Crippen molar-refractivity contribution in [2.45, 2.75) is 13.0 Å². The SMILES string of the molecule is Cc1[nH]c2cccc[n+]2c1C(O)=C1C(=O)C(=O)N(CCN2CCOCC2)C1c1ccc(Cl)cc1. The quantitative estimate of drug-likeness (QED) is 0.253. The zero-order valence-corrected chi connectivity index (χ0v) is 19.6. The zero-order chi connectivity index (χ0) is 23.8. The second-order valence-electron chi connectivity index (χ2n) is 8.55. The van der Waals surface area contributed by atoms with Crippen molar-refractivity contribution in [1.29, 1.82) is 0 Å². The molecule has 1 amide bonds. The van der Waals surface area contributed by atoms with Crippen molar-refractivity contribution in [1.82, 2.24) is 14.8 Å². The normalized spacial score (nSPS) is 21.0. The summed E-state index contributed by atoms with van der Waals surface area (Å²) < 4.78 is 7.20. The Morgan fingerprint density at radius 1 is 1.15 bits per heavy atom. The van der Waals surface area contributed by atoms with Crippen LogP contribution in [0.5, 0.6) is 0 Å². The predicted molar refractivity (Wildman–Crippen MR) is 126 cm³/mol. The van der Waals surface area contributed by atoms with E-state index in [1.54, 1.807) is 39.8 Å². The molecule has 1 atom stereocenters. The summed E-state index contributed by atoms with van der Waals surface area (Å²) in [5, 5.41) is 12.0. The maximum Gasteiger partial charge on any atom is 0.295 e. The minimum atomic E-state index is -0.716. The smallest absolute Gasteiger partial charge is 0.295 e. The van der Waals surface area contributed by atoms with Gasteiger partial charge in [-0.15, -0.1) is 0 Å². The molecule has 0 spiro atoms. The molecule has 2 saturated heterocycles. The van der Waals surface area contributed by atoms with Gasteiger partial charge in [-0.05, 0) is 23.8 Å². The van der Waals surface area contributed by atoms with Crippen LogP contribution in [0.15, 0.2) is 54.2 Å². The van der Waals surface area contributed by atoms with Gasteiger partial charge in [-0.3, -0.25) is 14.5 Å². The number of imidazole rings is 1. The average Bonchev–Trinajstić information content (AvgIpc) is 3.31. The molecule has 0 bridgehead atoms. The van der Waals surface area contributed by atoms with Crippen molar-refractivity contribution in [3.8, 4) is 0 Å². The minimum absolute atomic E-state index is 0.0784. The second kappa shape index (κ2) is 9.21. The standard InChI is InChI=1S/C25H25ClN4O4/c1-16-21(29-9-3-2-4-19(29)27-16)23(31)20-22(17-5-7-18(26)8-6-17)30(25(33)24(20)32)11-10-28-12-14-34-15-13-28/h2-9,22H,10-15H2,1H3,(H,31,32)/p+1. The number of carbonyl (C=O) groups excluding carboxylic acids is 2. The van der Waals surface area contributed by atoms with Gasteiger partial charge in [0.1, 0.15) is 5.69 Å². The number of hydrogen-bond donors (Lipinski definition) is 2. The number of halogens is 1. The number of nitrogens with zero attached hydrogens (tertiary/aromatic N) is 3. The molecule has 2 aliphatic rings. The van der Waals surface area contributed by atoms with Crippen LogP contribution in [0.2, 0.25) is 5.02 Å². The van der Waals surface area contributed by atoms with Crippen molar-refractivity contribution >= 4 is 34.7 Å². The van der Waals surface area contributed by atoms with Gasteiger partial charge in [0, 0.05) is 44.2 Å². The molecule has 3 aromatic rings. The summed E-state index contributed by atoms with van der Waals surface area (Å²) in [5.74, 6) is -1.51. The number of likely N-dealkylation sites (tertiary alicyclic amines) is 1. The number of fused-ring (bicyclic) bond motifs is 1. The minimum Gasteiger partial charge on any atom is -0.503 e. The molecule has 5 rings (SSSR count). The summed E-state index contributed by atoms with van der Waals surface area (Å²) in [7, 11) is 0. The van der Waals surface area contributed by atoms with Crippen molar-refractivity contribution < 1.29 is 23.8 Å². The Labute approximate surface area is 202 Å². The molecule has 2 aromatic heterocycles. The number of rotatable bonds is 5. The number of Topliss-reactive ketones (excluding diaryl/α,β-unsaturated/α-hetero) is 1. The first-order valence-electron chi connectivity index (χ1n) is 11.3. The number of aliphatic hydroxyl groups excluding tert-OH is 1. The molecule has 0 saturated carbocycles. The Kier molecular flexibility index (Phi) is 6.12. The molecular formula is C25H26ClN4O4+. The Balaban J connectivity index is 1.60. The lowest BCUT2D eigenvalue weighted by atomic mass is 9.96. The third-order valence-electron chi connectivity index (χ3n) is 6.48. The fourth-order valence-corrected chi connectivity index (χ4v) is 4.89. The topological polar surface area (TPSA) is 90.0 Å². The molecule has 2 fully saturated rings. The van der Waals surface area contributed by atoms with E-state index >= 15 is 0 Å². The number of morpholine rings is 1. The van der Waals surface area contributed by atoms with E-state index in [0.29, 0.717) is 42.7 Å². The van der Waals surface area contributed by atoms with Gasteiger partial charge in [0.25, 0.3) is 17.3 Å². The van der Waals surface area contributed by atoms with Crippen molar-refractivity contribution in [2.75, 3.05) is 39.4 Å². The van der Waals surface area contributed by atoms with E-state index in [9.17, 15) is 14.7 Å². The number of aryl methyl sites for hydroxylation is 1. The first kappa shape index (κ1) is 22.6. The lowest BCUT2D eigenvalue weighted by Gasteiger charge is -2.31. The van der Waals surface area contributed by atoms with Gasteiger partial charge in [-0.25, -0.2) is 4.98 Å². The van der Waals surface area contributed by atoms with Gasteiger partial charge >= 0.3 is 0 Å². The third kappa shape index (κ3) is 3.98. The van der Waals surface area contributed by atoms with Crippen LogP contribution >= 0.6 is 11.6 Å². The highest BCUT2D eigenvalue weighted by Gasteiger charge is 2.47. The number of ketones is 1. The van der Waals surface area contributed by atoms with E-state index in [2.05, 4.69) is 9.88 Å². The Morgan fingerprint density at radius 3 is 2.62 bits per heavy atom. The highest BCUT2D eigenvalue weighted by Crippen LogP contribution is 2.39. The van der Waals surface area contributed by atoms with Crippen LogP contribution in [0.1, 0.15) is 23.0 Å². The summed E-state index contributed by atoms with van der Waals surface area (Å²) in [5.41, 5.74) is 2.72. The number of hydrogen-bond acceptors (Lipinski definition) is 5. The van der Waals surface area contributed by atoms with Crippen LogP contribution < -0.4 is 4.40 Å². The van der Waals surface area contributed by atoms with E-state index in [1.807, 2.05) is 25.1 Å². The van der Waals surface area contributed by atoms with Crippen LogP contribution in [0.25, 0.3) is 11.4 Å². The summed E-state index contributed by atoms with van der Waals surface area (Å²) in [4.78, 5) is 33.5. The molecule has 1 unspecified atom stereocenters. The summed E-state index contributed by atoms with van der Waals surface area (Å²) in [6, 6.07) is 11.9. The molecule has 0 aliphatic carbocycles. The zero-order valence-electron chi connectivity index (χ0n) is 18.8. The number of nitrogens with one attached hydrogen (secondary N) is 1. The maximum absolute atomic E-state index is 13.3. The van der Waals surface area contributed by atoms with Gasteiger partial charge in [0.05, 0.1) is 31.0 Å². The number of aromatic amines is 1. The van der Waals surface area contributed by atoms with Crippen LogP contribution in [-0.2, 0) is 14.3 Å². The van der Waals surface area contributed by atoms with Gasteiger partial charge in [0.15, 0.2) is 5.76 Å². The molecule has 9 heteroatoms. The summed E-state index contributed by atoms with van der Waals surface area (Å²) >= 11 is 6.11. The summed E-state index contributed by atoms with van der Waals surface area (Å²) in [6.45, 7) is 5.65. The van der Waals surface area contributed by atoms with Crippen molar-refractivity contribution in [3.63, 3.8) is 0 Å². The van der Waals surface area contributed by atoms with Crippen molar-refractivity contribution in [2.24, 2.45) is 0 Å². The average molecular weight is 482 g/mol. The fraction of sp³-hybridized carbons (Fsp3) is 0.320. The molecule has 2 aliphatic heterocycles. The fourth-order valence-electron chi connectivity index (χ4n) is 4.77. The lowest BCUT2D eigenvalue weighted by molar-refractivity contribution is -0.514. The predicted octanol–water partition coefficient (Wildman–Crippen LogP) is 2.47. The molecule has 1 aromatic carbocycles. The Morgan fingerprint density at radius 2 is 1.88 bits per heavy atom. The number of aliphatic hydroxyl groups is 1. The number of carbonyl (C=O) groups is 2. The highest BCUT2D eigenvalue weighted by atomic mass is 35.5. The van der Waals surface area contributed by atoms with E-state index in [4.69, 9.17) is 16.3 Å². The molecule has 0 radical (unpaired) electrons. The largest absolute Gasteiger partial charge is 0.503 e. The molecule has 8 nitrogen and oxygen atoms in total. The number of aromatic nitrogens is 2. The molecule has 34 heavy (non-hydrogen) atoms. The first-order chi connectivity index (χ1) is 16.5. The monoisotopic (exact) mass is 481 g/mol. The van der Waals surface area contributed by atoms with E-state index in [0.717, 1.165) is 24.3 Å². The molecule has 176 valence electrons. The third-order valence-corrected chi connectivity index (χ3v) is 6.73. The number of amides is 1. The van der Waals surface area contributed by atoms with E-state index in [-0.39, 0.29) is 11.3 Å². The number of benzene rings is 1. The van der Waals surface area contributed by atoms with Gasteiger partial charge in [-0.2, -0.15) is 4.40 Å². The molecule has 2 N–H and O–H groups in total. The maximum atomic E-state index is 13.3. The number of H-pyrrole nitrogens is 1. The lowest BCUT2D eigenvalue weighted by Crippen LogP contribution is -2.42.